The number of rotatable bonds is 0. The van der Waals surface area contributed by atoms with Gasteiger partial charge in [-0.05, 0) is 34.7 Å². The van der Waals surface area contributed by atoms with Crippen molar-refractivity contribution in [3.63, 3.8) is 0 Å². The highest BCUT2D eigenvalue weighted by molar-refractivity contribution is 14.1. The maximum atomic E-state index is 12.3. The Balaban J connectivity index is 3.32. The Kier molecular flexibility index (Phi) is 3.11. The summed E-state index contributed by atoms with van der Waals surface area (Å²) < 4.78 is 37.2. The van der Waals surface area contributed by atoms with Crippen LogP contribution in [0.15, 0.2) is 16.6 Å². The van der Waals surface area contributed by atoms with E-state index < -0.39 is 11.7 Å². The number of alkyl halides is 3. The normalized spacial score (nSPS) is 11.8. The van der Waals surface area contributed by atoms with Crippen LogP contribution in [0.5, 0.6) is 0 Å². The van der Waals surface area contributed by atoms with Gasteiger partial charge in [0, 0.05) is 13.7 Å². The molecule has 0 bridgehead atoms. The molecule has 13 heavy (non-hydrogen) atoms. The molecule has 1 aromatic rings. The Morgan fingerprint density at radius 3 is 2.31 bits per heavy atom. The molecule has 0 unspecified atom stereocenters. The van der Waals surface area contributed by atoms with Crippen LogP contribution in [0.2, 0.25) is 0 Å². The zero-order valence-electron chi connectivity index (χ0n) is 6.12. The van der Waals surface area contributed by atoms with Crippen LogP contribution in [-0.4, -0.2) is 0 Å². The smallest absolute Gasteiger partial charge is 0.398 e. The molecule has 0 radical (unpaired) electrons. The van der Waals surface area contributed by atoms with Gasteiger partial charge in [0.25, 0.3) is 0 Å². The summed E-state index contributed by atoms with van der Waals surface area (Å²) in [6.45, 7) is 0. The van der Waals surface area contributed by atoms with E-state index in [2.05, 4.69) is 15.9 Å². The zero-order valence-corrected chi connectivity index (χ0v) is 9.87. The highest BCUT2D eigenvalue weighted by Crippen LogP contribution is 2.37. The lowest BCUT2D eigenvalue weighted by molar-refractivity contribution is -0.138. The third-order valence-corrected chi connectivity index (χ3v) is 2.98. The topological polar surface area (TPSA) is 26.0 Å². The van der Waals surface area contributed by atoms with Crippen LogP contribution in [-0.2, 0) is 6.18 Å². The number of nitrogens with two attached hydrogens (primary N) is 1. The average molecular weight is 366 g/mol. The molecule has 0 atom stereocenters. The first-order valence-corrected chi connectivity index (χ1v) is 5.01. The van der Waals surface area contributed by atoms with E-state index >= 15 is 0 Å². The molecule has 0 aromatic heterocycles. The zero-order chi connectivity index (χ0) is 10.2. The summed E-state index contributed by atoms with van der Waals surface area (Å²) in [5, 5.41) is 0. The number of hydrogen-bond donors (Lipinski definition) is 1. The molecule has 0 spiro atoms. The van der Waals surface area contributed by atoms with Gasteiger partial charge in [0.15, 0.2) is 0 Å². The Labute approximate surface area is 94.8 Å². The molecular formula is C7H4BrF3IN. The van der Waals surface area contributed by atoms with Gasteiger partial charge < -0.3 is 5.73 Å². The summed E-state index contributed by atoms with van der Waals surface area (Å²) in [6, 6.07) is 2.27. The molecule has 0 saturated heterocycles. The molecule has 1 nitrogen and oxygen atoms in total. The average Bonchev–Trinajstić information content (AvgIpc) is 1.94. The van der Waals surface area contributed by atoms with E-state index in [1.54, 1.807) is 22.6 Å². The van der Waals surface area contributed by atoms with Gasteiger partial charge >= 0.3 is 6.18 Å². The molecule has 2 N–H and O–H groups in total. The SMILES string of the molecule is Nc1cc(Br)c(C(F)(F)F)cc1I. The number of nitrogen functional groups attached to an aromatic ring is 1. The molecule has 0 aliphatic carbocycles. The molecule has 0 amide bonds. The van der Waals surface area contributed by atoms with Crippen LogP contribution < -0.4 is 5.73 Å². The van der Waals surface area contributed by atoms with Crippen LogP contribution >= 0.6 is 38.5 Å². The highest BCUT2D eigenvalue weighted by Gasteiger charge is 2.33. The van der Waals surface area contributed by atoms with Gasteiger partial charge in [0.05, 0.1) is 5.56 Å². The molecule has 72 valence electrons. The number of benzene rings is 1. The number of halogens is 5. The van der Waals surface area contributed by atoms with Gasteiger partial charge in [0.2, 0.25) is 0 Å². The Morgan fingerprint density at radius 2 is 1.85 bits per heavy atom. The first-order valence-electron chi connectivity index (χ1n) is 3.14. The molecule has 0 fully saturated rings. The maximum Gasteiger partial charge on any atom is 0.417 e. The van der Waals surface area contributed by atoms with Gasteiger partial charge in [-0.25, -0.2) is 0 Å². The van der Waals surface area contributed by atoms with Crippen molar-refractivity contribution in [1.29, 1.82) is 0 Å². The number of anilines is 1. The maximum absolute atomic E-state index is 12.3. The van der Waals surface area contributed by atoms with E-state index in [1.165, 1.54) is 6.07 Å². The minimum Gasteiger partial charge on any atom is -0.398 e. The molecule has 6 heteroatoms. The van der Waals surface area contributed by atoms with Gasteiger partial charge in [-0.1, -0.05) is 15.9 Å². The second kappa shape index (κ2) is 3.64. The lowest BCUT2D eigenvalue weighted by atomic mass is 10.2. The fourth-order valence-electron chi connectivity index (χ4n) is 0.779. The highest BCUT2D eigenvalue weighted by atomic mass is 127. The summed E-state index contributed by atoms with van der Waals surface area (Å²) >= 11 is 4.57. The largest absolute Gasteiger partial charge is 0.417 e. The first kappa shape index (κ1) is 11.1. The summed E-state index contributed by atoms with van der Waals surface area (Å²) in [5.41, 5.74) is 5.06. The van der Waals surface area contributed by atoms with E-state index in [-0.39, 0.29) is 4.47 Å². The van der Waals surface area contributed by atoms with Gasteiger partial charge in [-0.2, -0.15) is 13.2 Å². The first-order chi connectivity index (χ1) is 5.82. The molecule has 0 saturated carbocycles. The van der Waals surface area contributed by atoms with Crippen molar-refractivity contribution in [2.75, 3.05) is 5.73 Å². The Hall–Kier alpha value is 0.0200. The second-order valence-electron chi connectivity index (χ2n) is 2.35. The summed E-state index contributed by atoms with van der Waals surface area (Å²) in [6.07, 6.45) is -4.34. The standard InChI is InChI=1S/C7H4BrF3IN/c8-4-2-6(13)5(12)1-3(4)7(9,10)11/h1-2H,13H2. The summed E-state index contributed by atoms with van der Waals surface area (Å²) in [7, 11) is 0. The van der Waals surface area contributed by atoms with Gasteiger partial charge in [0.1, 0.15) is 0 Å². The number of hydrogen-bond acceptors (Lipinski definition) is 1. The second-order valence-corrected chi connectivity index (χ2v) is 4.37. The third-order valence-electron chi connectivity index (χ3n) is 1.39. The molecule has 0 aliphatic rings. The Bertz CT molecular complexity index is 337. The fourth-order valence-corrected chi connectivity index (χ4v) is 1.83. The monoisotopic (exact) mass is 365 g/mol. The van der Waals surface area contributed by atoms with Crippen LogP contribution in [0.1, 0.15) is 5.56 Å². The molecule has 0 aliphatic heterocycles. The lowest BCUT2D eigenvalue weighted by Crippen LogP contribution is -2.07. The van der Waals surface area contributed by atoms with E-state index in [9.17, 15) is 13.2 Å². The van der Waals surface area contributed by atoms with Crippen molar-refractivity contribution in [2.24, 2.45) is 0 Å². The van der Waals surface area contributed by atoms with E-state index in [4.69, 9.17) is 5.73 Å². The van der Waals surface area contributed by atoms with E-state index in [0.717, 1.165) is 6.07 Å². The van der Waals surface area contributed by atoms with E-state index in [1.807, 2.05) is 0 Å². The fraction of sp³-hybridized carbons (Fsp3) is 0.143. The van der Waals surface area contributed by atoms with Crippen molar-refractivity contribution in [3.05, 3.63) is 25.7 Å². The van der Waals surface area contributed by atoms with Crippen molar-refractivity contribution < 1.29 is 13.2 Å². The third kappa shape index (κ3) is 2.49. The molecule has 1 aromatic carbocycles. The van der Waals surface area contributed by atoms with Crippen LogP contribution in [0.3, 0.4) is 0 Å². The van der Waals surface area contributed by atoms with Crippen molar-refractivity contribution in [3.8, 4) is 0 Å². The van der Waals surface area contributed by atoms with Crippen molar-refractivity contribution >= 4 is 44.2 Å². The predicted molar refractivity (Wildman–Crippen MR) is 56.3 cm³/mol. The van der Waals surface area contributed by atoms with Crippen molar-refractivity contribution in [2.45, 2.75) is 6.18 Å². The van der Waals surface area contributed by atoms with Crippen LogP contribution in [0.4, 0.5) is 18.9 Å². The van der Waals surface area contributed by atoms with Crippen molar-refractivity contribution in [1.82, 2.24) is 0 Å². The lowest BCUT2D eigenvalue weighted by Gasteiger charge is -2.10. The van der Waals surface area contributed by atoms with Gasteiger partial charge in [-0.3, -0.25) is 0 Å². The molecule has 0 heterocycles. The molecular weight excluding hydrogens is 362 g/mol. The van der Waals surface area contributed by atoms with Gasteiger partial charge in [-0.15, -0.1) is 0 Å². The van der Waals surface area contributed by atoms with E-state index in [0.29, 0.717) is 9.26 Å². The minimum absolute atomic E-state index is 0.0297. The Morgan fingerprint density at radius 1 is 1.31 bits per heavy atom. The summed E-state index contributed by atoms with van der Waals surface area (Å²) in [4.78, 5) is 0. The summed E-state index contributed by atoms with van der Waals surface area (Å²) in [5.74, 6) is 0. The quantitative estimate of drug-likeness (QED) is 0.551. The van der Waals surface area contributed by atoms with Crippen LogP contribution in [0.25, 0.3) is 0 Å². The van der Waals surface area contributed by atoms with Crippen LogP contribution in [0, 0.1) is 3.57 Å². The predicted octanol–water partition coefficient (Wildman–Crippen LogP) is 3.65. The minimum atomic E-state index is -4.34. The molecule has 1 rings (SSSR count).